The smallest absolute Gasteiger partial charge is 0.319 e. The molecule has 4 fully saturated rings. The number of fused-ring (bicyclic) bond motifs is 3. The number of anilines is 1. The molecular formula is C30H33FN4O4S. The quantitative estimate of drug-likeness (QED) is 0.400. The fourth-order valence-electron chi connectivity index (χ4n) is 8.53. The summed E-state index contributed by atoms with van der Waals surface area (Å²) in [6.45, 7) is 0. The van der Waals surface area contributed by atoms with Gasteiger partial charge in [-0.25, -0.2) is 22.6 Å². The van der Waals surface area contributed by atoms with E-state index in [1.54, 1.807) is 30.7 Å². The van der Waals surface area contributed by atoms with Gasteiger partial charge in [0.25, 0.3) is 0 Å². The number of amides is 2. The fourth-order valence-corrected chi connectivity index (χ4v) is 9.16. The molecular weight excluding hydrogens is 531 g/mol. The van der Waals surface area contributed by atoms with Crippen molar-refractivity contribution in [3.05, 3.63) is 66.4 Å². The van der Waals surface area contributed by atoms with Crippen LogP contribution in [0, 0.1) is 29.0 Å². The summed E-state index contributed by atoms with van der Waals surface area (Å²) in [6.07, 6.45) is 9.21. The summed E-state index contributed by atoms with van der Waals surface area (Å²) < 4.78 is 40.4. The molecule has 2 amide bonds. The first kappa shape index (κ1) is 25.7. The number of nitrogens with zero attached hydrogens (tertiary/aromatic N) is 2. The summed E-state index contributed by atoms with van der Waals surface area (Å²) in [5.74, 6) is 0.824. The standard InChI is InChI=1S/C30H33FN4O4S/c1-40(38,39)21-7-5-20(6-8-21)33-29(37)34-28-18-9-17-10-19(28)14-30(12-17,13-18)26(36)11-24-27-22(3-2-4-23(27)31)25-15-32-16-35(24)25/h2-8,15-19,24,26,28,36H,9-14H2,1H3,(H2,33,34,37). The molecule has 10 heteroatoms. The Labute approximate surface area is 232 Å². The molecule has 210 valence electrons. The minimum absolute atomic E-state index is 0.0251. The lowest BCUT2D eigenvalue weighted by atomic mass is 9.46. The largest absolute Gasteiger partial charge is 0.392 e. The Hall–Kier alpha value is -3.24. The van der Waals surface area contributed by atoms with Gasteiger partial charge < -0.3 is 20.3 Å². The molecule has 4 bridgehead atoms. The van der Waals surface area contributed by atoms with Crippen molar-refractivity contribution < 1.29 is 22.7 Å². The van der Waals surface area contributed by atoms with Crippen LogP contribution in [0.25, 0.3) is 11.3 Å². The van der Waals surface area contributed by atoms with Crippen LogP contribution in [0.3, 0.4) is 0 Å². The SMILES string of the molecule is CS(=O)(=O)c1ccc(NC(=O)NC2C3CC4CC2CC(C(O)CC2c5c(F)cccc5-c5cncn52)(C4)C3)cc1. The third-order valence-corrected chi connectivity index (χ3v) is 11.1. The molecule has 3 N–H and O–H groups in total. The van der Waals surface area contributed by atoms with E-state index in [4.69, 9.17) is 0 Å². The molecule has 8 nitrogen and oxygen atoms in total. The van der Waals surface area contributed by atoms with Gasteiger partial charge in [0.1, 0.15) is 5.82 Å². The molecule has 0 radical (unpaired) electrons. The van der Waals surface area contributed by atoms with E-state index >= 15 is 4.39 Å². The van der Waals surface area contributed by atoms with E-state index in [1.807, 2.05) is 10.6 Å². The van der Waals surface area contributed by atoms with E-state index in [0.717, 1.165) is 49.6 Å². The summed E-state index contributed by atoms with van der Waals surface area (Å²) in [5, 5.41) is 17.8. The highest BCUT2D eigenvalue weighted by Crippen LogP contribution is 2.62. The maximum absolute atomic E-state index is 15.0. The predicted molar refractivity (Wildman–Crippen MR) is 148 cm³/mol. The van der Waals surface area contributed by atoms with Gasteiger partial charge in [-0.1, -0.05) is 12.1 Å². The van der Waals surface area contributed by atoms with Gasteiger partial charge in [0, 0.05) is 29.1 Å². The number of urea groups is 1. The average molecular weight is 565 g/mol. The zero-order valence-corrected chi connectivity index (χ0v) is 23.1. The Bertz CT molecular complexity index is 1570. The molecule has 3 aromatic rings. The van der Waals surface area contributed by atoms with Crippen LogP contribution in [0.15, 0.2) is 59.9 Å². The van der Waals surface area contributed by atoms with Crippen LogP contribution in [0.2, 0.25) is 0 Å². The second kappa shape index (κ2) is 9.14. The lowest BCUT2D eigenvalue weighted by Crippen LogP contribution is -2.62. The van der Waals surface area contributed by atoms with Crippen molar-refractivity contribution in [2.75, 3.05) is 11.6 Å². The van der Waals surface area contributed by atoms with Crippen LogP contribution in [0.5, 0.6) is 0 Å². The van der Waals surface area contributed by atoms with Crippen molar-refractivity contribution in [1.82, 2.24) is 14.9 Å². The molecule has 4 saturated carbocycles. The van der Waals surface area contributed by atoms with Crippen molar-refractivity contribution in [1.29, 1.82) is 0 Å². The van der Waals surface area contributed by atoms with Gasteiger partial charge >= 0.3 is 6.03 Å². The molecule has 40 heavy (non-hydrogen) atoms. The maximum atomic E-state index is 15.0. The molecule has 4 unspecified atom stereocenters. The molecule has 4 atom stereocenters. The zero-order chi connectivity index (χ0) is 27.8. The number of rotatable bonds is 6. The van der Waals surface area contributed by atoms with E-state index < -0.39 is 15.9 Å². The minimum atomic E-state index is -3.30. The van der Waals surface area contributed by atoms with Crippen molar-refractivity contribution in [2.45, 2.75) is 61.6 Å². The summed E-state index contributed by atoms with van der Waals surface area (Å²) >= 11 is 0. The maximum Gasteiger partial charge on any atom is 0.319 e. The lowest BCUT2D eigenvalue weighted by molar-refractivity contribution is -0.135. The summed E-state index contributed by atoms with van der Waals surface area (Å²) in [7, 11) is -3.30. The van der Waals surface area contributed by atoms with Gasteiger partial charge in [0.15, 0.2) is 9.84 Å². The highest BCUT2D eigenvalue weighted by atomic mass is 32.2. The van der Waals surface area contributed by atoms with Gasteiger partial charge in [-0.3, -0.25) is 0 Å². The van der Waals surface area contributed by atoms with Crippen LogP contribution >= 0.6 is 0 Å². The Morgan fingerprint density at radius 2 is 1.88 bits per heavy atom. The molecule has 1 aromatic heterocycles. The number of imidazole rings is 1. The van der Waals surface area contributed by atoms with E-state index in [0.29, 0.717) is 23.6 Å². The number of carbonyl (C=O) groups is 1. The first-order valence-corrected chi connectivity index (χ1v) is 15.9. The minimum Gasteiger partial charge on any atom is -0.392 e. The lowest BCUT2D eigenvalue weighted by Gasteiger charge is -2.61. The van der Waals surface area contributed by atoms with Gasteiger partial charge in [-0.2, -0.15) is 0 Å². The molecule has 2 heterocycles. The number of halogens is 1. The van der Waals surface area contributed by atoms with Crippen molar-refractivity contribution >= 4 is 21.6 Å². The van der Waals surface area contributed by atoms with E-state index in [1.165, 1.54) is 18.2 Å². The van der Waals surface area contributed by atoms with E-state index in [9.17, 15) is 18.3 Å². The van der Waals surface area contributed by atoms with Crippen molar-refractivity contribution in [2.24, 2.45) is 23.2 Å². The zero-order valence-electron chi connectivity index (χ0n) is 22.3. The third kappa shape index (κ3) is 4.15. The first-order chi connectivity index (χ1) is 19.1. The number of hydrogen-bond acceptors (Lipinski definition) is 5. The summed E-state index contributed by atoms with van der Waals surface area (Å²) in [4.78, 5) is 17.4. The van der Waals surface area contributed by atoms with E-state index in [-0.39, 0.29) is 46.1 Å². The topological polar surface area (TPSA) is 113 Å². The first-order valence-electron chi connectivity index (χ1n) is 14.0. The van der Waals surface area contributed by atoms with Gasteiger partial charge in [0.05, 0.1) is 35.3 Å². The Balaban J connectivity index is 1.05. The third-order valence-electron chi connectivity index (χ3n) is 9.98. The second-order valence-electron chi connectivity index (χ2n) is 12.4. The summed E-state index contributed by atoms with van der Waals surface area (Å²) in [5.41, 5.74) is 2.68. The Morgan fingerprint density at radius 1 is 1.15 bits per heavy atom. The normalized spacial score (nSPS) is 30.5. The molecule has 8 rings (SSSR count). The summed E-state index contributed by atoms with van der Waals surface area (Å²) in [6, 6.07) is 10.7. The average Bonchev–Trinajstić information content (AvgIpc) is 3.49. The predicted octanol–water partition coefficient (Wildman–Crippen LogP) is 4.76. The highest BCUT2D eigenvalue weighted by molar-refractivity contribution is 7.90. The number of aliphatic hydroxyl groups is 1. The van der Waals surface area contributed by atoms with E-state index in [2.05, 4.69) is 15.6 Å². The Morgan fingerprint density at radius 3 is 2.58 bits per heavy atom. The van der Waals surface area contributed by atoms with Crippen LogP contribution in [-0.4, -0.2) is 47.5 Å². The fraction of sp³-hybridized carbons (Fsp3) is 0.467. The van der Waals surface area contributed by atoms with Gasteiger partial charge in [-0.05, 0) is 92.0 Å². The highest BCUT2D eigenvalue weighted by Gasteiger charge is 2.58. The Kier molecular flexibility index (Phi) is 5.87. The van der Waals surface area contributed by atoms with Crippen molar-refractivity contribution in [3.8, 4) is 11.3 Å². The molecule has 2 aromatic carbocycles. The molecule has 0 spiro atoms. The number of nitrogens with one attached hydrogen (secondary N) is 2. The monoisotopic (exact) mass is 564 g/mol. The molecule has 4 aliphatic carbocycles. The molecule has 1 aliphatic heterocycles. The van der Waals surface area contributed by atoms with Crippen LogP contribution in [0.4, 0.5) is 14.9 Å². The van der Waals surface area contributed by atoms with Gasteiger partial charge in [-0.15, -0.1) is 0 Å². The van der Waals surface area contributed by atoms with Gasteiger partial charge in [0.2, 0.25) is 0 Å². The van der Waals surface area contributed by atoms with Crippen LogP contribution in [-0.2, 0) is 9.84 Å². The molecule has 5 aliphatic rings. The number of aromatic nitrogens is 2. The number of benzene rings is 2. The number of aliphatic hydroxyl groups excluding tert-OH is 1. The number of sulfone groups is 1. The number of hydrogen-bond donors (Lipinski definition) is 3. The second-order valence-corrected chi connectivity index (χ2v) is 14.4. The number of carbonyl (C=O) groups excluding carboxylic acids is 1. The van der Waals surface area contributed by atoms with Crippen molar-refractivity contribution in [3.63, 3.8) is 0 Å². The van der Waals surface area contributed by atoms with Crippen LogP contribution < -0.4 is 10.6 Å². The molecule has 0 saturated heterocycles. The van der Waals surface area contributed by atoms with Crippen LogP contribution in [0.1, 0.15) is 50.1 Å².